The van der Waals surface area contributed by atoms with Crippen LogP contribution in [0, 0.1) is 6.92 Å². The van der Waals surface area contributed by atoms with Crippen LogP contribution in [0.1, 0.15) is 16.1 Å². The molecule has 3 rings (SSSR count). The van der Waals surface area contributed by atoms with Gasteiger partial charge in [0, 0.05) is 30.1 Å². The highest BCUT2D eigenvalue weighted by Gasteiger charge is 2.18. The first-order valence-corrected chi connectivity index (χ1v) is 8.68. The van der Waals surface area contributed by atoms with E-state index in [-0.39, 0.29) is 5.56 Å². The molecule has 1 amide bonds. The number of hydrogen-bond acceptors (Lipinski definition) is 7. The number of rotatable bonds is 7. The molecule has 0 atom stereocenters. The minimum Gasteiger partial charge on any atom is -0.497 e. The van der Waals surface area contributed by atoms with E-state index in [0.717, 1.165) is 0 Å². The van der Waals surface area contributed by atoms with E-state index < -0.39 is 18.5 Å². The number of carbonyl (C=O) groups is 2. The molecule has 0 bridgehead atoms. The zero-order valence-electron chi connectivity index (χ0n) is 16.2. The lowest BCUT2D eigenvalue weighted by Crippen LogP contribution is -2.21. The number of nitrogens with one attached hydrogen (secondary N) is 1. The van der Waals surface area contributed by atoms with Gasteiger partial charge in [0.25, 0.3) is 5.91 Å². The van der Waals surface area contributed by atoms with Crippen LogP contribution in [-0.4, -0.2) is 47.5 Å². The SMILES string of the molecule is COc1cc(NC(=O)COC(=O)c2cnn(-c3ccccn3)c2C)cc(OC)c1. The molecule has 9 heteroatoms. The van der Waals surface area contributed by atoms with Crippen molar-refractivity contribution in [2.75, 3.05) is 26.1 Å². The van der Waals surface area contributed by atoms with E-state index in [4.69, 9.17) is 14.2 Å². The maximum Gasteiger partial charge on any atom is 0.342 e. The molecule has 0 saturated heterocycles. The van der Waals surface area contributed by atoms with Crippen molar-refractivity contribution >= 4 is 17.6 Å². The van der Waals surface area contributed by atoms with Crippen molar-refractivity contribution in [3.63, 3.8) is 0 Å². The molecule has 1 N–H and O–H groups in total. The summed E-state index contributed by atoms with van der Waals surface area (Å²) in [5, 5.41) is 6.80. The number of esters is 1. The molecule has 2 heterocycles. The molecule has 0 saturated carbocycles. The topological polar surface area (TPSA) is 105 Å². The number of ether oxygens (including phenoxy) is 3. The zero-order valence-corrected chi connectivity index (χ0v) is 16.2. The summed E-state index contributed by atoms with van der Waals surface area (Å²) in [6.07, 6.45) is 3.02. The number of anilines is 1. The van der Waals surface area contributed by atoms with Gasteiger partial charge in [-0.3, -0.25) is 4.79 Å². The molecule has 0 aliphatic rings. The normalized spacial score (nSPS) is 10.3. The number of hydrogen-bond donors (Lipinski definition) is 1. The van der Waals surface area contributed by atoms with Crippen molar-refractivity contribution in [2.45, 2.75) is 6.92 Å². The fraction of sp³-hybridized carbons (Fsp3) is 0.200. The van der Waals surface area contributed by atoms with Gasteiger partial charge in [0.2, 0.25) is 0 Å². The smallest absolute Gasteiger partial charge is 0.342 e. The summed E-state index contributed by atoms with van der Waals surface area (Å²) in [6.45, 7) is 1.27. The Hall–Kier alpha value is -3.88. The van der Waals surface area contributed by atoms with Crippen molar-refractivity contribution in [3.8, 4) is 17.3 Å². The maximum atomic E-state index is 12.4. The third-order valence-corrected chi connectivity index (χ3v) is 4.07. The van der Waals surface area contributed by atoms with Gasteiger partial charge >= 0.3 is 5.97 Å². The van der Waals surface area contributed by atoms with Crippen LogP contribution in [0.5, 0.6) is 11.5 Å². The first-order chi connectivity index (χ1) is 14.0. The molecule has 2 aromatic heterocycles. The summed E-state index contributed by atoms with van der Waals surface area (Å²) in [5.41, 5.74) is 1.28. The van der Waals surface area contributed by atoms with E-state index in [9.17, 15) is 9.59 Å². The van der Waals surface area contributed by atoms with Gasteiger partial charge in [-0.15, -0.1) is 0 Å². The molecule has 150 valence electrons. The third-order valence-electron chi connectivity index (χ3n) is 4.07. The standard InChI is InChI=1S/C20H20N4O5/c1-13-17(11-22-24(13)18-6-4-5-7-21-18)20(26)29-12-19(25)23-14-8-15(27-2)10-16(9-14)28-3/h4-11H,12H2,1-3H3,(H,23,25). The number of aromatic nitrogens is 3. The van der Waals surface area contributed by atoms with Crippen molar-refractivity contribution in [2.24, 2.45) is 0 Å². The molecule has 1 aromatic carbocycles. The highest BCUT2D eigenvalue weighted by atomic mass is 16.5. The van der Waals surface area contributed by atoms with Crippen molar-refractivity contribution in [3.05, 3.63) is 60.0 Å². The minimum atomic E-state index is -0.650. The van der Waals surface area contributed by atoms with Gasteiger partial charge in [0.15, 0.2) is 12.4 Å². The van der Waals surface area contributed by atoms with Crippen molar-refractivity contribution < 1.29 is 23.8 Å². The van der Waals surface area contributed by atoms with Crippen LogP contribution in [0.3, 0.4) is 0 Å². The first-order valence-electron chi connectivity index (χ1n) is 8.68. The number of pyridine rings is 1. The van der Waals surface area contributed by atoms with Gasteiger partial charge in [0.1, 0.15) is 17.1 Å². The second kappa shape index (κ2) is 8.87. The van der Waals surface area contributed by atoms with E-state index in [2.05, 4.69) is 15.4 Å². The predicted molar refractivity (Wildman–Crippen MR) is 105 cm³/mol. The fourth-order valence-electron chi connectivity index (χ4n) is 2.61. The van der Waals surface area contributed by atoms with Crippen molar-refractivity contribution in [1.29, 1.82) is 0 Å². The number of carbonyl (C=O) groups excluding carboxylic acids is 2. The average molecular weight is 396 g/mol. The summed E-state index contributed by atoms with van der Waals surface area (Å²) in [4.78, 5) is 28.7. The second-order valence-electron chi connectivity index (χ2n) is 5.97. The second-order valence-corrected chi connectivity index (χ2v) is 5.97. The molecule has 0 radical (unpaired) electrons. The highest BCUT2D eigenvalue weighted by Crippen LogP contribution is 2.25. The lowest BCUT2D eigenvalue weighted by molar-refractivity contribution is -0.119. The average Bonchev–Trinajstić information content (AvgIpc) is 3.13. The summed E-state index contributed by atoms with van der Waals surface area (Å²) in [5.74, 6) is 0.476. The molecule has 29 heavy (non-hydrogen) atoms. The summed E-state index contributed by atoms with van der Waals surface area (Å²) >= 11 is 0. The Balaban J connectivity index is 1.63. The van der Waals surface area contributed by atoms with Gasteiger partial charge in [-0.05, 0) is 19.1 Å². The Morgan fingerprint density at radius 2 is 1.83 bits per heavy atom. The van der Waals surface area contributed by atoms with Gasteiger partial charge in [-0.2, -0.15) is 5.10 Å². The van der Waals surface area contributed by atoms with Crippen LogP contribution >= 0.6 is 0 Å². The van der Waals surface area contributed by atoms with Crippen molar-refractivity contribution in [1.82, 2.24) is 14.8 Å². The quantitative estimate of drug-likeness (QED) is 0.612. The maximum absolute atomic E-state index is 12.4. The molecule has 9 nitrogen and oxygen atoms in total. The first kappa shape index (κ1) is 19.9. The van der Waals surface area contributed by atoms with E-state index in [0.29, 0.717) is 28.7 Å². The van der Waals surface area contributed by atoms with Crippen LogP contribution in [0.15, 0.2) is 48.8 Å². The van der Waals surface area contributed by atoms with E-state index in [1.165, 1.54) is 25.1 Å². The van der Waals surface area contributed by atoms with Crippen LogP contribution in [0.25, 0.3) is 5.82 Å². The third kappa shape index (κ3) is 4.70. The summed E-state index contributed by atoms with van der Waals surface area (Å²) < 4.78 is 17.0. The molecule has 0 unspecified atom stereocenters. The van der Waals surface area contributed by atoms with Gasteiger partial charge in [-0.25, -0.2) is 14.5 Å². The van der Waals surface area contributed by atoms with Crippen LogP contribution in [-0.2, 0) is 9.53 Å². The molecule has 3 aromatic rings. The molecule has 0 spiro atoms. The Labute approximate surface area is 167 Å². The predicted octanol–water partition coefficient (Wildman–Crippen LogP) is 2.39. The summed E-state index contributed by atoms with van der Waals surface area (Å²) in [7, 11) is 3.02. The number of amides is 1. The largest absolute Gasteiger partial charge is 0.497 e. The van der Waals surface area contributed by atoms with E-state index in [1.54, 1.807) is 43.5 Å². The van der Waals surface area contributed by atoms with Gasteiger partial charge < -0.3 is 19.5 Å². The molecule has 0 aliphatic heterocycles. The molecular formula is C20H20N4O5. The van der Waals surface area contributed by atoms with Crippen LogP contribution in [0.4, 0.5) is 5.69 Å². The van der Waals surface area contributed by atoms with E-state index in [1.807, 2.05) is 6.07 Å². The van der Waals surface area contributed by atoms with Crippen LogP contribution in [0.2, 0.25) is 0 Å². The highest BCUT2D eigenvalue weighted by molar-refractivity contribution is 5.96. The minimum absolute atomic E-state index is 0.256. The fourth-order valence-corrected chi connectivity index (χ4v) is 2.61. The lowest BCUT2D eigenvalue weighted by Gasteiger charge is -2.10. The van der Waals surface area contributed by atoms with Gasteiger partial charge in [-0.1, -0.05) is 6.07 Å². The zero-order chi connectivity index (χ0) is 20.8. The molecule has 0 aliphatic carbocycles. The van der Waals surface area contributed by atoms with Gasteiger partial charge in [0.05, 0.1) is 26.1 Å². The Morgan fingerprint density at radius 3 is 2.45 bits per heavy atom. The number of nitrogens with zero attached hydrogens (tertiary/aromatic N) is 3. The van der Waals surface area contributed by atoms with E-state index >= 15 is 0 Å². The Bertz CT molecular complexity index is 995. The summed E-state index contributed by atoms with van der Waals surface area (Å²) in [6, 6.07) is 10.3. The number of benzene rings is 1. The lowest BCUT2D eigenvalue weighted by atomic mass is 10.2. The molecule has 0 fully saturated rings. The Morgan fingerprint density at radius 1 is 1.10 bits per heavy atom. The number of methoxy groups -OCH3 is 2. The monoisotopic (exact) mass is 396 g/mol. The van der Waals surface area contributed by atoms with Crippen LogP contribution < -0.4 is 14.8 Å². The Kier molecular flexibility index (Phi) is 6.08. The molecular weight excluding hydrogens is 376 g/mol.